The van der Waals surface area contributed by atoms with Gasteiger partial charge in [0.05, 0.1) is 13.2 Å². The first-order valence-electron chi connectivity index (χ1n) is 15.2. The molecule has 8 nitrogen and oxygen atoms in total. The molecule has 0 saturated heterocycles. The van der Waals surface area contributed by atoms with Gasteiger partial charge in [-0.1, -0.05) is 109 Å². The average molecular weight is 625 g/mol. The lowest BCUT2D eigenvalue weighted by molar-refractivity contribution is -0.138. The van der Waals surface area contributed by atoms with Crippen molar-refractivity contribution < 1.29 is 38.2 Å². The van der Waals surface area contributed by atoms with Crippen molar-refractivity contribution in [2.45, 2.75) is 19.3 Å². The maximum absolute atomic E-state index is 13.4. The van der Waals surface area contributed by atoms with Gasteiger partial charge in [-0.15, -0.1) is 0 Å². The molecule has 0 aliphatic heterocycles. The van der Waals surface area contributed by atoms with Crippen LogP contribution >= 0.6 is 0 Å². The van der Waals surface area contributed by atoms with Gasteiger partial charge < -0.3 is 9.47 Å². The number of ketones is 4. The van der Waals surface area contributed by atoms with Crippen molar-refractivity contribution in [3.05, 3.63) is 154 Å². The van der Waals surface area contributed by atoms with Gasteiger partial charge in [-0.05, 0) is 30.4 Å². The van der Waals surface area contributed by atoms with Crippen LogP contribution in [-0.2, 0) is 19.1 Å². The van der Waals surface area contributed by atoms with Crippen LogP contribution in [-0.4, -0.2) is 48.3 Å². The van der Waals surface area contributed by atoms with Crippen molar-refractivity contribution >= 4 is 46.2 Å². The van der Waals surface area contributed by atoms with Crippen LogP contribution in [0.5, 0.6) is 0 Å². The van der Waals surface area contributed by atoms with E-state index in [1.54, 1.807) is 97.1 Å². The first kappa shape index (κ1) is 31.0. The highest BCUT2D eigenvalue weighted by Crippen LogP contribution is 2.34. The molecule has 2 aliphatic rings. The molecule has 0 radical (unpaired) electrons. The van der Waals surface area contributed by atoms with Crippen molar-refractivity contribution in [2.24, 2.45) is 0 Å². The highest BCUT2D eigenvalue weighted by molar-refractivity contribution is 6.47. The first-order valence-corrected chi connectivity index (χ1v) is 15.2. The molecular formula is C39H28O8. The first-order chi connectivity index (χ1) is 22.9. The third kappa shape index (κ3) is 6.01. The summed E-state index contributed by atoms with van der Waals surface area (Å²) in [6.45, 7) is -0.0664. The third-order valence-electron chi connectivity index (χ3n) is 8.03. The van der Waals surface area contributed by atoms with Crippen LogP contribution in [0.25, 0.3) is 11.1 Å². The van der Waals surface area contributed by atoms with Crippen LogP contribution in [0.1, 0.15) is 71.8 Å². The second kappa shape index (κ2) is 13.5. The minimum atomic E-state index is -0.885. The molecule has 0 atom stereocenters. The van der Waals surface area contributed by atoms with Crippen LogP contribution < -0.4 is 0 Å². The normalized spacial score (nSPS) is 14.1. The zero-order chi connectivity index (χ0) is 32.9. The van der Waals surface area contributed by atoms with E-state index in [1.165, 1.54) is 12.1 Å². The fourth-order valence-electron chi connectivity index (χ4n) is 5.76. The number of benzene rings is 4. The van der Waals surface area contributed by atoms with Crippen LogP contribution in [0.4, 0.5) is 0 Å². The van der Waals surface area contributed by atoms with E-state index in [4.69, 9.17) is 9.47 Å². The predicted octanol–water partition coefficient (Wildman–Crippen LogP) is 6.31. The lowest BCUT2D eigenvalue weighted by Gasteiger charge is -2.20. The molecule has 0 aromatic heterocycles. The maximum atomic E-state index is 13.4. The highest BCUT2D eigenvalue weighted by Gasteiger charge is 2.38. The van der Waals surface area contributed by atoms with Gasteiger partial charge in [-0.2, -0.15) is 0 Å². The second-order valence-corrected chi connectivity index (χ2v) is 11.0. The summed E-state index contributed by atoms with van der Waals surface area (Å²) in [6.07, 6.45) is 1.26. The molecular weight excluding hydrogens is 596 g/mol. The third-order valence-corrected chi connectivity index (χ3v) is 8.03. The lowest BCUT2D eigenvalue weighted by Crippen LogP contribution is -2.27. The molecule has 2 aliphatic carbocycles. The summed E-state index contributed by atoms with van der Waals surface area (Å²) < 4.78 is 10.9. The van der Waals surface area contributed by atoms with E-state index in [2.05, 4.69) is 0 Å². The Kier molecular flexibility index (Phi) is 8.93. The van der Waals surface area contributed by atoms with E-state index < -0.39 is 35.1 Å². The summed E-state index contributed by atoms with van der Waals surface area (Å²) in [4.78, 5) is 79.9. The number of hydrogen-bond acceptors (Lipinski definition) is 8. The summed E-state index contributed by atoms with van der Waals surface area (Å²) in [5, 5.41) is 0. The number of fused-ring (bicyclic) bond motifs is 2. The Morgan fingerprint density at radius 1 is 0.404 bits per heavy atom. The zero-order valence-corrected chi connectivity index (χ0v) is 25.2. The van der Waals surface area contributed by atoms with Crippen molar-refractivity contribution in [1.82, 2.24) is 0 Å². The monoisotopic (exact) mass is 624 g/mol. The Balaban J connectivity index is 1.08. The van der Waals surface area contributed by atoms with Crippen LogP contribution in [0.2, 0.25) is 0 Å². The lowest BCUT2D eigenvalue weighted by atomic mass is 9.81. The molecule has 0 unspecified atom stereocenters. The summed E-state index contributed by atoms with van der Waals surface area (Å²) >= 11 is 0. The van der Waals surface area contributed by atoms with E-state index >= 15 is 0 Å². The quantitative estimate of drug-likeness (QED) is 0.114. The molecule has 0 bridgehead atoms. The summed E-state index contributed by atoms with van der Waals surface area (Å²) in [5.74, 6) is -3.76. The van der Waals surface area contributed by atoms with Crippen molar-refractivity contribution in [3.63, 3.8) is 0 Å². The van der Waals surface area contributed by atoms with Gasteiger partial charge >= 0.3 is 11.9 Å². The minimum Gasteiger partial charge on any atom is -0.462 e. The Morgan fingerprint density at radius 3 is 1.09 bits per heavy atom. The molecule has 8 heteroatoms. The number of hydrogen-bond donors (Lipinski definition) is 0. The van der Waals surface area contributed by atoms with E-state index in [1.807, 2.05) is 0 Å². The van der Waals surface area contributed by atoms with Gasteiger partial charge in [-0.3, -0.25) is 19.2 Å². The Hall–Kier alpha value is -6.02. The minimum absolute atomic E-state index is 0.00811. The van der Waals surface area contributed by atoms with Gasteiger partial charge in [0.1, 0.15) is 11.1 Å². The second-order valence-electron chi connectivity index (χ2n) is 11.0. The molecule has 6 rings (SSSR count). The molecule has 4 aromatic carbocycles. The molecule has 0 fully saturated rings. The van der Waals surface area contributed by atoms with Crippen LogP contribution in [0.3, 0.4) is 0 Å². The number of ether oxygens (including phenoxy) is 2. The maximum Gasteiger partial charge on any atom is 0.342 e. The number of carbonyl (C=O) groups is 6. The van der Waals surface area contributed by atoms with Gasteiger partial charge in [0, 0.05) is 33.4 Å². The standard InChI is InChI=1S/C39H28O8/c40-34-26-18-8-10-20-28(26)36(42)32(30(34)24-14-4-1-5-15-24)38(44)46-22-12-3-13-23-47-39(45)33-31(25-16-6-2-7-17-25)35(41)27-19-9-11-21-29(27)37(33)43/h1-2,4-11,14-21H,3,12-13,22-23H2. The highest BCUT2D eigenvalue weighted by atomic mass is 16.5. The van der Waals surface area contributed by atoms with Crippen molar-refractivity contribution in [2.75, 3.05) is 13.2 Å². The molecule has 47 heavy (non-hydrogen) atoms. The summed E-state index contributed by atoms with van der Waals surface area (Å²) in [5.41, 5.74) is 1.07. The van der Waals surface area contributed by atoms with Gasteiger partial charge in [0.2, 0.25) is 11.6 Å². The van der Waals surface area contributed by atoms with Gasteiger partial charge in [-0.25, -0.2) is 9.59 Å². The molecule has 0 heterocycles. The Bertz CT molecular complexity index is 1860. The number of rotatable bonds is 10. The van der Waals surface area contributed by atoms with Crippen molar-refractivity contribution in [3.8, 4) is 0 Å². The number of Topliss-reactive ketones (excluding diaryl/α,β-unsaturated/α-hetero) is 4. The van der Waals surface area contributed by atoms with E-state index in [9.17, 15) is 28.8 Å². The van der Waals surface area contributed by atoms with Gasteiger partial charge in [0.15, 0.2) is 11.6 Å². The zero-order valence-electron chi connectivity index (χ0n) is 25.2. The number of esters is 2. The molecule has 0 amide bonds. The SMILES string of the molecule is O=C(OCCCCCOC(=O)C1=C(c2ccccc2)C(=O)c2ccccc2C1=O)C1=C(c2ccccc2)C(=O)c2ccccc2C1=O. The Morgan fingerprint density at radius 2 is 0.723 bits per heavy atom. The largest absolute Gasteiger partial charge is 0.462 e. The number of unbranched alkanes of at least 4 members (excludes halogenated alkanes) is 2. The van der Waals surface area contributed by atoms with E-state index in [0.717, 1.165) is 0 Å². The molecule has 4 aromatic rings. The number of allylic oxidation sites excluding steroid dienone is 2. The molecule has 232 valence electrons. The van der Waals surface area contributed by atoms with E-state index in [0.29, 0.717) is 30.4 Å². The predicted molar refractivity (Wildman–Crippen MR) is 173 cm³/mol. The Labute approximate surface area is 270 Å². The average Bonchev–Trinajstić information content (AvgIpc) is 3.11. The topological polar surface area (TPSA) is 121 Å². The fourth-order valence-corrected chi connectivity index (χ4v) is 5.76. The van der Waals surface area contributed by atoms with Gasteiger partial charge in [0.25, 0.3) is 0 Å². The number of carbonyl (C=O) groups excluding carboxylic acids is 6. The fraction of sp³-hybridized carbons (Fsp3) is 0.128. The summed E-state index contributed by atoms with van der Waals surface area (Å²) in [6, 6.07) is 29.8. The molecule has 0 spiro atoms. The molecule has 0 saturated carbocycles. The van der Waals surface area contributed by atoms with Crippen LogP contribution in [0, 0.1) is 0 Å². The summed E-state index contributed by atoms with van der Waals surface area (Å²) in [7, 11) is 0. The molecule has 0 N–H and O–H groups in total. The van der Waals surface area contributed by atoms with E-state index in [-0.39, 0.29) is 57.8 Å². The van der Waals surface area contributed by atoms with Crippen LogP contribution in [0.15, 0.2) is 120 Å². The van der Waals surface area contributed by atoms with Crippen molar-refractivity contribution in [1.29, 1.82) is 0 Å². The smallest absolute Gasteiger partial charge is 0.342 e.